The highest BCUT2D eigenvalue weighted by Crippen LogP contribution is 2.41. The molecule has 1 amide bonds. The van der Waals surface area contributed by atoms with Crippen molar-refractivity contribution in [1.82, 2.24) is 10.4 Å². The molecule has 0 aliphatic carbocycles. The summed E-state index contributed by atoms with van der Waals surface area (Å²) in [7, 11) is -4.24. The van der Waals surface area contributed by atoms with Crippen molar-refractivity contribution in [3.8, 4) is 0 Å². The Bertz CT molecular complexity index is 231. The van der Waals surface area contributed by atoms with Crippen molar-refractivity contribution in [3.63, 3.8) is 0 Å². The smallest absolute Gasteiger partial charge is 0.323 e. The summed E-state index contributed by atoms with van der Waals surface area (Å²) in [5.74, 6) is -1.02. The first-order valence-electron chi connectivity index (χ1n) is 4.61. The monoisotopic (exact) mass is 240 g/mol. The van der Waals surface area contributed by atoms with Gasteiger partial charge in [-0.05, 0) is 6.42 Å². The summed E-state index contributed by atoms with van der Waals surface area (Å²) in [6.07, 6.45) is 1.93. The van der Waals surface area contributed by atoms with Crippen LogP contribution >= 0.6 is 7.60 Å². The van der Waals surface area contributed by atoms with Crippen molar-refractivity contribution in [2.24, 2.45) is 0 Å². The molecule has 0 fully saturated rings. The lowest BCUT2D eigenvalue weighted by Gasteiger charge is -2.21. The summed E-state index contributed by atoms with van der Waals surface area (Å²) >= 11 is 0. The fraction of sp³-hybridized carbons (Fsp3) is 0.857. The van der Waals surface area contributed by atoms with Crippen LogP contribution in [0.25, 0.3) is 0 Å². The van der Waals surface area contributed by atoms with E-state index < -0.39 is 13.4 Å². The minimum absolute atomic E-state index is 0.156. The van der Waals surface area contributed by atoms with Gasteiger partial charge in [0, 0.05) is 0 Å². The lowest BCUT2D eigenvalue weighted by Crippen LogP contribution is -2.37. The number of nitrogens with zero attached hydrogens (tertiary/aromatic N) is 1. The first-order valence-corrected chi connectivity index (χ1v) is 6.29. The Morgan fingerprint density at radius 2 is 2.13 bits per heavy atom. The van der Waals surface area contributed by atoms with Crippen LogP contribution in [0.2, 0.25) is 0 Å². The van der Waals surface area contributed by atoms with Crippen LogP contribution < -0.4 is 5.32 Å². The molecular weight excluding hydrogens is 223 g/mol. The molecule has 0 heterocycles. The van der Waals surface area contributed by atoms with Crippen LogP contribution in [0.1, 0.15) is 26.2 Å². The van der Waals surface area contributed by atoms with E-state index in [9.17, 15) is 9.36 Å². The van der Waals surface area contributed by atoms with Crippen LogP contribution in [0, 0.1) is 0 Å². The summed E-state index contributed by atoms with van der Waals surface area (Å²) in [6.45, 7) is 1.60. The minimum atomic E-state index is -4.24. The molecule has 0 saturated carbocycles. The Balaban J connectivity index is 4.13. The van der Waals surface area contributed by atoms with E-state index in [0.29, 0.717) is 12.8 Å². The van der Waals surface area contributed by atoms with Crippen molar-refractivity contribution < 1.29 is 24.4 Å². The summed E-state index contributed by atoms with van der Waals surface area (Å²) in [4.78, 5) is 27.9. The van der Waals surface area contributed by atoms with Crippen LogP contribution in [0.4, 0.5) is 0 Å². The highest BCUT2D eigenvalue weighted by Gasteiger charge is 2.27. The Hall–Kier alpha value is -0.460. The Labute approximate surface area is 88.2 Å². The van der Waals surface area contributed by atoms with Crippen molar-refractivity contribution >= 4 is 14.0 Å². The van der Waals surface area contributed by atoms with E-state index in [2.05, 4.69) is 5.32 Å². The molecule has 0 rings (SSSR count). The van der Waals surface area contributed by atoms with Gasteiger partial charge in [-0.25, -0.2) is 5.06 Å². The number of unbranched alkanes of at least 4 members (excludes halogenated alkanes) is 1. The average molecular weight is 240 g/mol. The maximum Gasteiger partial charge on any atom is 0.342 e. The standard InChI is InChI=1S/C7H17N2O5P/c1-2-3-4-7(15(12,13)14)8-5-9(11)6-10/h6-8,11H,2-5H2,1H3,(H2,12,13,14). The van der Waals surface area contributed by atoms with Gasteiger partial charge in [0.1, 0.15) is 5.78 Å². The van der Waals surface area contributed by atoms with Crippen molar-refractivity contribution in [2.45, 2.75) is 32.0 Å². The predicted molar refractivity (Wildman–Crippen MR) is 53.0 cm³/mol. The molecule has 1 unspecified atom stereocenters. The fourth-order valence-electron chi connectivity index (χ4n) is 1.02. The third kappa shape index (κ3) is 6.59. The number of amides is 1. The quantitative estimate of drug-likeness (QED) is 0.157. The normalized spacial score (nSPS) is 13.6. The van der Waals surface area contributed by atoms with Gasteiger partial charge < -0.3 is 9.79 Å². The molecule has 7 nitrogen and oxygen atoms in total. The van der Waals surface area contributed by atoms with Crippen molar-refractivity contribution in [1.29, 1.82) is 0 Å². The molecule has 0 radical (unpaired) electrons. The van der Waals surface area contributed by atoms with Gasteiger partial charge in [-0.15, -0.1) is 0 Å². The molecule has 0 aliphatic heterocycles. The zero-order chi connectivity index (χ0) is 11.9. The summed E-state index contributed by atoms with van der Waals surface area (Å²) in [5.41, 5.74) is 0. The highest BCUT2D eigenvalue weighted by atomic mass is 31.2. The van der Waals surface area contributed by atoms with Crippen LogP contribution in [0.3, 0.4) is 0 Å². The van der Waals surface area contributed by atoms with Gasteiger partial charge in [0.05, 0.1) is 6.67 Å². The maximum absolute atomic E-state index is 11.0. The summed E-state index contributed by atoms with van der Waals surface area (Å²) < 4.78 is 11.0. The lowest BCUT2D eigenvalue weighted by atomic mass is 10.2. The van der Waals surface area contributed by atoms with Gasteiger partial charge in [-0.3, -0.25) is 19.9 Å². The molecular formula is C7H17N2O5P. The second-order valence-corrected chi connectivity index (χ2v) is 4.96. The number of carbonyl (C=O) groups is 1. The van der Waals surface area contributed by atoms with Crippen LogP contribution in [-0.4, -0.2) is 38.9 Å². The Morgan fingerprint density at radius 1 is 1.53 bits per heavy atom. The van der Waals surface area contributed by atoms with E-state index >= 15 is 0 Å². The van der Waals surface area contributed by atoms with E-state index in [4.69, 9.17) is 15.0 Å². The van der Waals surface area contributed by atoms with Crippen LogP contribution in [-0.2, 0) is 9.36 Å². The largest absolute Gasteiger partial charge is 0.342 e. The van der Waals surface area contributed by atoms with E-state index in [0.717, 1.165) is 6.42 Å². The van der Waals surface area contributed by atoms with Gasteiger partial charge in [0.2, 0.25) is 6.41 Å². The second-order valence-electron chi connectivity index (χ2n) is 3.15. The van der Waals surface area contributed by atoms with Crippen LogP contribution in [0.5, 0.6) is 0 Å². The Kier molecular flexibility index (Phi) is 6.71. The fourth-order valence-corrected chi connectivity index (χ4v) is 1.86. The maximum atomic E-state index is 11.0. The number of rotatable bonds is 8. The molecule has 4 N–H and O–H groups in total. The first-order chi connectivity index (χ1) is 6.91. The summed E-state index contributed by atoms with van der Waals surface area (Å²) in [6, 6.07) is 0. The zero-order valence-electron chi connectivity index (χ0n) is 8.54. The second kappa shape index (κ2) is 6.92. The molecule has 0 aliphatic rings. The molecule has 0 bridgehead atoms. The molecule has 15 heavy (non-hydrogen) atoms. The molecule has 0 saturated heterocycles. The molecule has 90 valence electrons. The number of hydrogen-bond donors (Lipinski definition) is 4. The number of hydroxylamine groups is 2. The number of carbonyl (C=O) groups excluding carboxylic acids is 1. The zero-order valence-corrected chi connectivity index (χ0v) is 9.43. The van der Waals surface area contributed by atoms with Gasteiger partial charge in [-0.1, -0.05) is 19.8 Å². The highest BCUT2D eigenvalue weighted by molar-refractivity contribution is 7.52. The first kappa shape index (κ1) is 14.5. The third-order valence-corrected chi connectivity index (χ3v) is 3.10. The van der Waals surface area contributed by atoms with Crippen molar-refractivity contribution in [2.75, 3.05) is 6.67 Å². The van der Waals surface area contributed by atoms with Gasteiger partial charge in [0.25, 0.3) is 0 Å². The predicted octanol–water partition coefficient (Wildman–Crippen LogP) is 0.0751. The number of hydrogen-bond acceptors (Lipinski definition) is 4. The molecule has 1 atom stereocenters. The van der Waals surface area contributed by atoms with E-state index in [-0.39, 0.29) is 18.1 Å². The van der Waals surface area contributed by atoms with E-state index in [1.165, 1.54) is 0 Å². The van der Waals surface area contributed by atoms with Crippen molar-refractivity contribution in [3.05, 3.63) is 0 Å². The SMILES string of the molecule is CCCCC(NCN(O)C=O)P(=O)(O)O. The molecule has 0 aromatic rings. The third-order valence-electron chi connectivity index (χ3n) is 1.85. The number of nitrogens with one attached hydrogen (secondary N) is 1. The van der Waals surface area contributed by atoms with Gasteiger partial charge in [0.15, 0.2) is 0 Å². The molecule has 0 aromatic carbocycles. The van der Waals surface area contributed by atoms with Crippen LogP contribution in [0.15, 0.2) is 0 Å². The summed E-state index contributed by atoms with van der Waals surface area (Å²) in [5, 5.41) is 11.5. The van der Waals surface area contributed by atoms with Gasteiger partial charge in [-0.2, -0.15) is 0 Å². The van der Waals surface area contributed by atoms with E-state index in [1.807, 2.05) is 6.92 Å². The molecule has 0 spiro atoms. The average Bonchev–Trinajstić information content (AvgIpc) is 2.15. The van der Waals surface area contributed by atoms with Gasteiger partial charge >= 0.3 is 7.60 Å². The Morgan fingerprint density at radius 3 is 2.53 bits per heavy atom. The minimum Gasteiger partial charge on any atom is -0.323 e. The van der Waals surface area contributed by atoms with E-state index in [1.54, 1.807) is 0 Å². The molecule has 8 heteroatoms. The lowest BCUT2D eigenvalue weighted by molar-refractivity contribution is -0.151. The topological polar surface area (TPSA) is 110 Å². The molecule has 0 aromatic heterocycles.